The zero-order chi connectivity index (χ0) is 17.4. The molecule has 1 aliphatic rings. The Morgan fingerprint density at radius 2 is 1.96 bits per heavy atom. The van der Waals surface area contributed by atoms with Gasteiger partial charge in [0, 0.05) is 28.5 Å². The van der Waals surface area contributed by atoms with Crippen molar-refractivity contribution in [2.45, 2.75) is 19.8 Å². The van der Waals surface area contributed by atoms with Crippen molar-refractivity contribution in [1.29, 1.82) is 0 Å². The van der Waals surface area contributed by atoms with Crippen LogP contribution in [0.2, 0.25) is 5.02 Å². The van der Waals surface area contributed by atoms with Gasteiger partial charge in [-0.15, -0.1) is 0 Å². The molecule has 1 aromatic carbocycles. The Hall–Kier alpha value is -2.79. The molecule has 0 aliphatic heterocycles. The average molecular weight is 351 g/mol. The van der Waals surface area contributed by atoms with Gasteiger partial charge in [0.25, 0.3) is 11.5 Å². The molecule has 3 aromatic rings. The molecule has 0 radical (unpaired) electrons. The lowest BCUT2D eigenvalue weighted by molar-refractivity contribution is 0.730. The van der Waals surface area contributed by atoms with Gasteiger partial charge in [-0.2, -0.15) is 9.78 Å². The Bertz CT molecular complexity index is 1040. The number of fused-ring (bicyclic) bond motifs is 1. The topological polar surface area (TPSA) is 60.7 Å². The number of hydrogen-bond acceptors (Lipinski definition) is 4. The molecule has 0 bridgehead atoms. The van der Waals surface area contributed by atoms with Crippen molar-refractivity contribution in [3.63, 3.8) is 0 Å². The van der Waals surface area contributed by atoms with Crippen LogP contribution in [0.5, 0.6) is 0 Å². The van der Waals surface area contributed by atoms with Crippen LogP contribution in [-0.4, -0.2) is 19.7 Å². The zero-order valence-corrected chi connectivity index (χ0v) is 14.4. The van der Waals surface area contributed by atoms with E-state index in [4.69, 9.17) is 11.6 Å². The van der Waals surface area contributed by atoms with E-state index < -0.39 is 0 Å². The molecule has 1 aliphatic carbocycles. The van der Waals surface area contributed by atoms with E-state index >= 15 is 0 Å². The molecule has 0 saturated heterocycles. The lowest BCUT2D eigenvalue weighted by atomic mass is 9.88. The Morgan fingerprint density at radius 1 is 1.16 bits per heavy atom. The number of aromatic nitrogens is 4. The molecule has 2 heterocycles. The largest absolute Gasteiger partial charge is 0.278 e. The van der Waals surface area contributed by atoms with Crippen molar-refractivity contribution in [3.8, 4) is 5.95 Å². The molecule has 0 spiro atoms. The van der Waals surface area contributed by atoms with Crippen molar-refractivity contribution in [2.24, 2.45) is 0 Å². The first-order valence-electron chi connectivity index (χ1n) is 7.99. The summed E-state index contributed by atoms with van der Waals surface area (Å²) in [6.07, 6.45) is 8.40. The summed E-state index contributed by atoms with van der Waals surface area (Å²) in [7, 11) is 0. The lowest BCUT2D eigenvalue weighted by Crippen LogP contribution is -2.28. The van der Waals surface area contributed by atoms with Crippen LogP contribution in [0.25, 0.3) is 17.6 Å². The molecule has 6 heteroatoms. The van der Waals surface area contributed by atoms with E-state index in [-0.39, 0.29) is 5.56 Å². The van der Waals surface area contributed by atoms with E-state index in [2.05, 4.69) is 15.1 Å². The van der Waals surface area contributed by atoms with Gasteiger partial charge in [0.1, 0.15) is 0 Å². The molecule has 124 valence electrons. The Morgan fingerprint density at radius 3 is 2.72 bits per heavy atom. The number of aryl methyl sites for hydroxylation is 1. The molecule has 0 amide bonds. The number of allylic oxidation sites excluding steroid dienone is 1. The first kappa shape index (κ1) is 15.7. The Labute approximate surface area is 149 Å². The number of halogens is 1. The van der Waals surface area contributed by atoms with Crippen molar-refractivity contribution < 1.29 is 0 Å². The van der Waals surface area contributed by atoms with Crippen LogP contribution in [0.3, 0.4) is 0 Å². The van der Waals surface area contributed by atoms with E-state index in [0.29, 0.717) is 12.4 Å². The predicted octanol–water partition coefficient (Wildman–Crippen LogP) is 3.47. The summed E-state index contributed by atoms with van der Waals surface area (Å²) in [5.74, 6) is 0.290. The maximum Gasteiger partial charge on any atom is 0.278 e. The molecule has 0 atom stereocenters. The number of hydrogen-bond donors (Lipinski definition) is 0. The molecule has 0 unspecified atom stereocenters. The molecular weight excluding hydrogens is 336 g/mol. The normalized spacial score (nSPS) is 13.3. The third-order valence-electron chi connectivity index (χ3n) is 4.36. The Balaban J connectivity index is 1.79. The van der Waals surface area contributed by atoms with Gasteiger partial charge in [-0.25, -0.2) is 9.97 Å². The lowest BCUT2D eigenvalue weighted by Gasteiger charge is -2.18. The summed E-state index contributed by atoms with van der Waals surface area (Å²) in [6.45, 7) is 2.04. The fourth-order valence-electron chi connectivity index (χ4n) is 3.14. The van der Waals surface area contributed by atoms with E-state index in [9.17, 15) is 4.79 Å². The second-order valence-electron chi connectivity index (χ2n) is 5.97. The van der Waals surface area contributed by atoms with Crippen LogP contribution in [0.4, 0.5) is 0 Å². The maximum atomic E-state index is 12.7. The number of benzene rings is 1. The maximum absolute atomic E-state index is 12.7. The summed E-state index contributed by atoms with van der Waals surface area (Å²) < 4.78 is 1.26. The van der Waals surface area contributed by atoms with Crippen LogP contribution >= 0.6 is 11.6 Å². The van der Waals surface area contributed by atoms with Gasteiger partial charge in [0.05, 0.1) is 6.20 Å². The van der Waals surface area contributed by atoms with Crippen LogP contribution in [-0.2, 0) is 6.42 Å². The van der Waals surface area contributed by atoms with Gasteiger partial charge in [-0.1, -0.05) is 17.7 Å². The third-order valence-corrected chi connectivity index (χ3v) is 4.60. The van der Waals surface area contributed by atoms with Crippen molar-refractivity contribution in [1.82, 2.24) is 19.7 Å². The highest BCUT2D eigenvalue weighted by molar-refractivity contribution is 6.30. The summed E-state index contributed by atoms with van der Waals surface area (Å²) in [6, 6.07) is 7.58. The molecule has 2 aromatic heterocycles. The monoisotopic (exact) mass is 350 g/mol. The minimum Gasteiger partial charge on any atom is -0.267 e. The number of nitrogens with zero attached hydrogens (tertiary/aromatic N) is 4. The van der Waals surface area contributed by atoms with Gasteiger partial charge in [-0.05, 0) is 60.7 Å². The van der Waals surface area contributed by atoms with Crippen molar-refractivity contribution >= 4 is 23.3 Å². The van der Waals surface area contributed by atoms with E-state index in [1.54, 1.807) is 24.7 Å². The predicted molar refractivity (Wildman–Crippen MR) is 97.8 cm³/mol. The summed E-state index contributed by atoms with van der Waals surface area (Å²) in [5.41, 5.74) is 4.92. The first-order valence-corrected chi connectivity index (χ1v) is 8.37. The fourth-order valence-corrected chi connectivity index (χ4v) is 3.37. The van der Waals surface area contributed by atoms with Gasteiger partial charge in [0.2, 0.25) is 0 Å². The van der Waals surface area contributed by atoms with Gasteiger partial charge in [0.15, 0.2) is 0 Å². The molecule has 4 rings (SSSR count). The summed E-state index contributed by atoms with van der Waals surface area (Å²) >= 11 is 6.05. The standard InChI is InChI=1S/C19H15ClN4O/c1-12-9-15(20)4-6-16(12)13-3-5-17-14(10-13)11-23-24(18(17)25)19-21-7-2-8-22-19/h2,4,6-11H,3,5H2,1H3. The average Bonchev–Trinajstić information content (AvgIpc) is 2.62. The SMILES string of the molecule is Cc1cc(Cl)ccc1C1=Cc2cnn(-c3ncccn3)c(=O)c2CC1. The van der Waals surface area contributed by atoms with Crippen LogP contribution in [0, 0.1) is 6.92 Å². The van der Waals surface area contributed by atoms with E-state index in [0.717, 1.165) is 33.7 Å². The second-order valence-corrected chi connectivity index (χ2v) is 6.41. The van der Waals surface area contributed by atoms with E-state index in [1.807, 2.05) is 31.2 Å². The summed E-state index contributed by atoms with van der Waals surface area (Å²) in [4.78, 5) is 20.9. The highest BCUT2D eigenvalue weighted by atomic mass is 35.5. The fraction of sp³-hybridized carbons (Fsp3) is 0.158. The second kappa shape index (κ2) is 6.26. The quantitative estimate of drug-likeness (QED) is 0.710. The van der Waals surface area contributed by atoms with Gasteiger partial charge < -0.3 is 0 Å². The van der Waals surface area contributed by atoms with E-state index in [1.165, 1.54) is 10.3 Å². The zero-order valence-electron chi connectivity index (χ0n) is 13.6. The molecule has 25 heavy (non-hydrogen) atoms. The van der Waals surface area contributed by atoms with Crippen LogP contribution in [0.15, 0.2) is 47.7 Å². The van der Waals surface area contributed by atoms with Gasteiger partial charge >= 0.3 is 0 Å². The highest BCUT2D eigenvalue weighted by Gasteiger charge is 2.19. The minimum atomic E-state index is -0.160. The smallest absolute Gasteiger partial charge is 0.267 e. The minimum absolute atomic E-state index is 0.160. The molecule has 0 saturated carbocycles. The molecule has 5 nitrogen and oxygen atoms in total. The molecular formula is C19H15ClN4O. The van der Waals surface area contributed by atoms with Gasteiger partial charge in [-0.3, -0.25) is 4.79 Å². The van der Waals surface area contributed by atoms with Crippen molar-refractivity contribution in [2.75, 3.05) is 0 Å². The first-order chi connectivity index (χ1) is 12.1. The van der Waals surface area contributed by atoms with Crippen LogP contribution < -0.4 is 5.56 Å². The summed E-state index contributed by atoms with van der Waals surface area (Å²) in [5, 5.41) is 4.97. The highest BCUT2D eigenvalue weighted by Crippen LogP contribution is 2.31. The molecule has 0 fully saturated rings. The third kappa shape index (κ3) is 2.87. The van der Waals surface area contributed by atoms with Crippen molar-refractivity contribution in [3.05, 3.63) is 80.5 Å². The Kier molecular flexibility index (Phi) is 3.93. The molecule has 0 N–H and O–H groups in total. The van der Waals surface area contributed by atoms with Crippen LogP contribution in [0.1, 0.15) is 28.7 Å². The number of rotatable bonds is 2.